The van der Waals surface area contributed by atoms with Gasteiger partial charge in [-0.2, -0.15) is 0 Å². The molecule has 26 aromatic rings. The maximum atomic E-state index is 2.53. The van der Waals surface area contributed by atoms with Crippen LogP contribution >= 0.6 is 0 Å². The van der Waals surface area contributed by atoms with Crippen molar-refractivity contribution in [2.24, 2.45) is 0 Å². The zero-order chi connectivity index (χ0) is 88.1. The minimum Gasteiger partial charge on any atom is -0.309 e. The van der Waals surface area contributed by atoms with Crippen LogP contribution in [0.2, 0.25) is 0 Å². The molecule has 0 bridgehead atoms. The van der Waals surface area contributed by atoms with Gasteiger partial charge < -0.3 is 18.3 Å². The van der Waals surface area contributed by atoms with E-state index in [4.69, 9.17) is 0 Å². The second-order valence-electron chi connectivity index (χ2n) is 36.0. The number of benzene rings is 22. The number of nitrogens with zero attached hydrogens (tertiary/aromatic N) is 4. The summed E-state index contributed by atoms with van der Waals surface area (Å²) in [7, 11) is 0. The number of aromatic nitrogens is 4. The van der Waals surface area contributed by atoms with Crippen LogP contribution in [0.1, 0.15) is 44.5 Å². The number of fused-ring (bicyclic) bond motifs is 20. The van der Waals surface area contributed by atoms with Crippen molar-refractivity contribution >= 4 is 109 Å². The Balaban J connectivity index is 0.000000136. The van der Waals surface area contributed by atoms with Gasteiger partial charge in [-0.3, -0.25) is 0 Å². The first kappa shape index (κ1) is 76.6. The first-order valence-corrected chi connectivity index (χ1v) is 46.5. The summed E-state index contributed by atoms with van der Waals surface area (Å²) >= 11 is 0. The van der Waals surface area contributed by atoms with Crippen molar-refractivity contribution in [2.75, 3.05) is 0 Å². The number of hydrogen-bond acceptors (Lipinski definition) is 0. The molecule has 4 heteroatoms. The minimum atomic E-state index is -0.507. The molecular weight excluding hydrogens is 1620 g/mol. The second kappa shape index (κ2) is 30.6. The van der Waals surface area contributed by atoms with Gasteiger partial charge in [0.2, 0.25) is 0 Å². The quantitative estimate of drug-likeness (QED) is 0.116. The van der Waals surface area contributed by atoms with Crippen LogP contribution in [-0.2, 0) is 10.8 Å². The molecule has 4 aromatic heterocycles. The molecule has 22 aromatic carbocycles. The van der Waals surface area contributed by atoms with Crippen LogP contribution < -0.4 is 0 Å². The van der Waals surface area contributed by atoms with E-state index in [1.807, 2.05) is 0 Å². The fourth-order valence-corrected chi connectivity index (χ4v) is 23.3. The van der Waals surface area contributed by atoms with Gasteiger partial charge in [0.1, 0.15) is 0 Å². The zero-order valence-corrected chi connectivity index (χ0v) is 73.3. The fourth-order valence-electron chi connectivity index (χ4n) is 23.3. The molecule has 0 unspecified atom stereocenters. The van der Waals surface area contributed by atoms with Gasteiger partial charge in [0.25, 0.3) is 0 Å². The van der Waals surface area contributed by atoms with Gasteiger partial charge >= 0.3 is 0 Å². The smallest absolute Gasteiger partial charge is 0.0714 e. The van der Waals surface area contributed by atoms with Crippen molar-refractivity contribution in [2.45, 2.75) is 10.8 Å². The molecule has 0 N–H and O–H groups in total. The van der Waals surface area contributed by atoms with Crippen LogP contribution in [0, 0.1) is 0 Å². The van der Waals surface area contributed by atoms with E-state index in [0.29, 0.717) is 0 Å². The Bertz CT molecular complexity index is 9100. The first-order chi connectivity index (χ1) is 66.5. The molecule has 2 aliphatic carbocycles. The van der Waals surface area contributed by atoms with Crippen LogP contribution in [0.25, 0.3) is 198 Å². The Morgan fingerprint density at radius 1 is 0.134 bits per heavy atom. The van der Waals surface area contributed by atoms with E-state index in [1.165, 1.54) is 231 Å². The summed E-state index contributed by atoms with van der Waals surface area (Å²) in [5.74, 6) is 0. The van der Waals surface area contributed by atoms with Gasteiger partial charge in [-0.05, 0) is 243 Å². The number of para-hydroxylation sites is 2. The van der Waals surface area contributed by atoms with Crippen LogP contribution in [0.4, 0.5) is 0 Å². The average molecular weight is 1700 g/mol. The Hall–Kier alpha value is -17.4. The molecule has 0 spiro atoms. The van der Waals surface area contributed by atoms with E-state index < -0.39 is 10.8 Å². The minimum absolute atomic E-state index is 0.505. The van der Waals surface area contributed by atoms with Gasteiger partial charge in [-0.15, -0.1) is 0 Å². The highest BCUT2D eigenvalue weighted by Gasteiger charge is 2.48. The molecule has 4 nitrogen and oxygen atoms in total. The van der Waals surface area contributed by atoms with Gasteiger partial charge in [0.05, 0.1) is 66.3 Å². The molecule has 0 radical (unpaired) electrons. The lowest BCUT2D eigenvalue weighted by molar-refractivity contribution is 0.769. The summed E-state index contributed by atoms with van der Waals surface area (Å²) in [6.45, 7) is 0. The SMILES string of the molecule is c1ccc(-c2ccc(-n3c4ccc(-c5ccc6c(c5)c5ccccc5n6-c5cccc6ccccc56)cc4c4cc5c(cc43)-c3ccccc3C5(c3ccccc3)c3ccccc3)cc2)cc1.c1ccc(-c2ccc(-n3c4ccc(-c5ccc6c(c5)c5ccccc5n6-c5cccc6ccccc56)cc4c4cc5c(cc43)C(c3ccccc3)(c3ccccc3)c3ccccc3-5)cc2)cc1. The van der Waals surface area contributed by atoms with E-state index >= 15 is 0 Å². The van der Waals surface area contributed by atoms with Gasteiger partial charge in [0, 0.05) is 65.2 Å². The summed E-state index contributed by atoms with van der Waals surface area (Å²) in [5, 5.41) is 14.9. The van der Waals surface area contributed by atoms with Gasteiger partial charge in [-0.1, -0.05) is 388 Å². The second-order valence-corrected chi connectivity index (χ2v) is 36.0. The first-order valence-electron chi connectivity index (χ1n) is 46.5. The van der Waals surface area contributed by atoms with E-state index in [-0.39, 0.29) is 0 Å². The predicted octanol–water partition coefficient (Wildman–Crippen LogP) is 33.5. The maximum Gasteiger partial charge on any atom is 0.0714 e. The van der Waals surface area contributed by atoms with Crippen molar-refractivity contribution in [1.29, 1.82) is 0 Å². The number of rotatable bonds is 12. The molecule has 0 aliphatic heterocycles. The topological polar surface area (TPSA) is 19.7 Å². The Kier molecular flexibility index (Phi) is 17.5. The molecule has 28 rings (SSSR count). The molecule has 0 saturated carbocycles. The van der Waals surface area contributed by atoms with Crippen LogP contribution in [-0.4, -0.2) is 18.3 Å². The van der Waals surface area contributed by atoms with Crippen molar-refractivity contribution in [1.82, 2.24) is 18.3 Å². The molecule has 624 valence electrons. The number of hydrogen-bond donors (Lipinski definition) is 0. The summed E-state index contributed by atoms with van der Waals surface area (Å²) in [6, 6.07) is 189. The van der Waals surface area contributed by atoms with E-state index in [0.717, 1.165) is 11.4 Å². The Labute approximate surface area is 776 Å². The molecule has 0 atom stereocenters. The lowest BCUT2D eigenvalue weighted by atomic mass is 9.67. The average Bonchev–Trinajstić information content (AvgIpc) is 1.52. The lowest BCUT2D eigenvalue weighted by Gasteiger charge is -2.34. The highest BCUT2D eigenvalue weighted by molar-refractivity contribution is 6.18. The third-order valence-corrected chi connectivity index (χ3v) is 29.2. The molecule has 0 amide bonds. The molecule has 4 heterocycles. The highest BCUT2D eigenvalue weighted by Crippen LogP contribution is 2.60. The van der Waals surface area contributed by atoms with Crippen LogP contribution in [0.3, 0.4) is 0 Å². The van der Waals surface area contributed by atoms with Crippen molar-refractivity contribution in [3.05, 3.63) is 554 Å². The summed E-state index contributed by atoms with van der Waals surface area (Å²) in [4.78, 5) is 0. The molecular formula is C130H84N4. The maximum absolute atomic E-state index is 2.53. The molecule has 0 saturated heterocycles. The zero-order valence-electron chi connectivity index (χ0n) is 73.3. The van der Waals surface area contributed by atoms with E-state index in [1.54, 1.807) is 0 Å². The Morgan fingerprint density at radius 2 is 0.410 bits per heavy atom. The fraction of sp³-hybridized carbons (Fsp3) is 0.0154. The van der Waals surface area contributed by atoms with Crippen LogP contribution in [0.15, 0.2) is 510 Å². The summed E-state index contributed by atoms with van der Waals surface area (Å²) in [6.07, 6.45) is 0. The van der Waals surface area contributed by atoms with Crippen molar-refractivity contribution < 1.29 is 0 Å². The third kappa shape index (κ3) is 11.6. The molecule has 0 fully saturated rings. The van der Waals surface area contributed by atoms with E-state index in [2.05, 4.69) is 528 Å². The summed E-state index contributed by atoms with van der Waals surface area (Å²) < 4.78 is 9.87. The largest absolute Gasteiger partial charge is 0.309 e. The van der Waals surface area contributed by atoms with Crippen molar-refractivity contribution in [3.63, 3.8) is 0 Å². The molecule has 134 heavy (non-hydrogen) atoms. The summed E-state index contributed by atoms with van der Waals surface area (Å²) in [5.41, 5.74) is 38.2. The predicted molar refractivity (Wildman–Crippen MR) is 562 cm³/mol. The molecule has 2 aliphatic rings. The lowest BCUT2D eigenvalue weighted by Crippen LogP contribution is -2.28. The van der Waals surface area contributed by atoms with E-state index in [9.17, 15) is 0 Å². The van der Waals surface area contributed by atoms with Crippen molar-refractivity contribution in [3.8, 4) is 89.5 Å². The van der Waals surface area contributed by atoms with Gasteiger partial charge in [-0.25, -0.2) is 0 Å². The highest BCUT2D eigenvalue weighted by atomic mass is 15.0. The monoisotopic (exact) mass is 1700 g/mol. The normalized spacial score (nSPS) is 12.9. The standard InChI is InChI=1S/2C65H42N2/c1-4-17-43(18-5-1)44-31-35-50(36-32-44)66-62-37-33-47(46-34-38-63-55(39-46)53-27-13-15-29-61(53)67(63)60-30-16-20-45-19-10-11-25-51(45)60)40-56(62)57-41-59-54(42-64(57)66)52-26-12-14-28-58(52)65(59,48-21-6-2-7-22-48)49-23-8-3-9-24-49;1-4-17-43(18-5-1)44-31-35-50(36-32-44)66-62-37-33-47(46-34-38-63-55(39-46)53-27-13-15-29-61(53)67(63)60-30-16-20-45-19-10-11-25-51(45)60)40-56(62)57-41-54-52-26-12-14-28-58(52)65(59(54)42-64(57)66,48-21-6-2-7-22-48)49-23-8-3-9-24-49/h2*1-42H. The van der Waals surface area contributed by atoms with Crippen LogP contribution in [0.5, 0.6) is 0 Å². The Morgan fingerprint density at radius 3 is 0.821 bits per heavy atom. The third-order valence-electron chi connectivity index (χ3n) is 29.2. The van der Waals surface area contributed by atoms with Gasteiger partial charge in [0.15, 0.2) is 0 Å².